The van der Waals surface area contributed by atoms with E-state index in [-0.39, 0.29) is 11.5 Å². The standard InChI is InChI=1S/C18H27N3O2/c1-13-8-15(9-14(2)19-13)21-11-18(12-21)6-7-20(10-18)16(22)23-17(3,4)5/h8-9H,6-7,10-12H2,1-5H3. The van der Waals surface area contributed by atoms with E-state index in [0.717, 1.165) is 44.0 Å². The molecule has 0 unspecified atom stereocenters. The lowest BCUT2D eigenvalue weighted by Gasteiger charge is -2.49. The Labute approximate surface area is 138 Å². The van der Waals surface area contributed by atoms with E-state index in [1.807, 2.05) is 39.5 Å². The highest BCUT2D eigenvalue weighted by molar-refractivity contribution is 5.69. The quantitative estimate of drug-likeness (QED) is 0.798. The molecule has 126 valence electrons. The van der Waals surface area contributed by atoms with Crippen molar-refractivity contribution in [3.05, 3.63) is 23.5 Å². The van der Waals surface area contributed by atoms with E-state index in [1.165, 1.54) is 5.69 Å². The lowest BCUT2D eigenvalue weighted by Crippen LogP contribution is -2.58. The van der Waals surface area contributed by atoms with Crippen LogP contribution in [0.4, 0.5) is 10.5 Å². The van der Waals surface area contributed by atoms with Gasteiger partial charge in [-0.3, -0.25) is 4.98 Å². The number of carbonyl (C=O) groups is 1. The third-order valence-corrected chi connectivity index (χ3v) is 4.57. The van der Waals surface area contributed by atoms with Gasteiger partial charge < -0.3 is 14.5 Å². The SMILES string of the molecule is Cc1cc(N2CC3(CCN(C(=O)OC(C)(C)C)C3)C2)cc(C)n1. The van der Waals surface area contributed by atoms with Gasteiger partial charge in [-0.15, -0.1) is 0 Å². The second-order valence-corrected chi connectivity index (χ2v) is 8.12. The van der Waals surface area contributed by atoms with Crippen LogP contribution in [0.3, 0.4) is 0 Å². The molecular formula is C18H27N3O2. The Kier molecular flexibility index (Phi) is 3.77. The van der Waals surface area contributed by atoms with Gasteiger partial charge in [0.1, 0.15) is 5.60 Å². The molecule has 2 aliphatic rings. The molecule has 5 heteroatoms. The fraction of sp³-hybridized carbons (Fsp3) is 0.667. The molecule has 1 amide bonds. The van der Waals surface area contributed by atoms with Crippen LogP contribution in [-0.4, -0.2) is 47.8 Å². The molecule has 2 saturated heterocycles. The lowest BCUT2D eigenvalue weighted by molar-refractivity contribution is 0.0265. The zero-order chi connectivity index (χ0) is 16.8. The number of nitrogens with zero attached hydrogens (tertiary/aromatic N) is 3. The number of carbonyl (C=O) groups excluding carboxylic acids is 1. The van der Waals surface area contributed by atoms with Gasteiger partial charge in [0, 0.05) is 48.7 Å². The molecule has 0 radical (unpaired) electrons. The molecule has 0 aromatic carbocycles. The van der Waals surface area contributed by atoms with Crippen LogP contribution in [-0.2, 0) is 4.74 Å². The van der Waals surface area contributed by atoms with E-state index in [1.54, 1.807) is 0 Å². The highest BCUT2D eigenvalue weighted by Gasteiger charge is 2.49. The number of aromatic nitrogens is 1. The number of likely N-dealkylation sites (tertiary alicyclic amines) is 1. The maximum Gasteiger partial charge on any atom is 0.410 e. The Bertz CT molecular complexity index is 595. The number of ether oxygens (including phenoxy) is 1. The van der Waals surface area contributed by atoms with Gasteiger partial charge in [0.05, 0.1) is 0 Å². The molecule has 0 bridgehead atoms. The smallest absolute Gasteiger partial charge is 0.410 e. The van der Waals surface area contributed by atoms with E-state index in [2.05, 4.69) is 22.0 Å². The molecule has 0 atom stereocenters. The van der Waals surface area contributed by atoms with Crippen molar-refractivity contribution in [3.8, 4) is 0 Å². The summed E-state index contributed by atoms with van der Waals surface area (Å²) in [6.07, 6.45) is 0.884. The minimum atomic E-state index is -0.426. The highest BCUT2D eigenvalue weighted by Crippen LogP contribution is 2.42. The van der Waals surface area contributed by atoms with Gasteiger partial charge in [0.25, 0.3) is 0 Å². The van der Waals surface area contributed by atoms with Crippen molar-refractivity contribution < 1.29 is 9.53 Å². The van der Waals surface area contributed by atoms with Gasteiger partial charge in [-0.25, -0.2) is 4.79 Å². The first-order valence-electron chi connectivity index (χ1n) is 8.34. The first-order valence-corrected chi connectivity index (χ1v) is 8.34. The summed E-state index contributed by atoms with van der Waals surface area (Å²) in [5.74, 6) is 0. The fourth-order valence-corrected chi connectivity index (χ4v) is 3.62. The number of hydrogen-bond donors (Lipinski definition) is 0. The maximum absolute atomic E-state index is 12.2. The first-order chi connectivity index (χ1) is 10.7. The average Bonchev–Trinajstić information content (AvgIpc) is 2.78. The molecular weight excluding hydrogens is 290 g/mol. The van der Waals surface area contributed by atoms with Crippen LogP contribution in [0.1, 0.15) is 38.6 Å². The summed E-state index contributed by atoms with van der Waals surface area (Å²) in [7, 11) is 0. The van der Waals surface area contributed by atoms with Gasteiger partial charge in [-0.2, -0.15) is 0 Å². The molecule has 3 heterocycles. The Morgan fingerprint density at radius 3 is 2.35 bits per heavy atom. The predicted molar refractivity (Wildman–Crippen MR) is 90.8 cm³/mol. The van der Waals surface area contributed by atoms with Gasteiger partial charge >= 0.3 is 6.09 Å². The normalized spacial score (nSPS) is 19.9. The summed E-state index contributed by atoms with van der Waals surface area (Å²) in [5.41, 5.74) is 3.17. The van der Waals surface area contributed by atoms with Crippen LogP contribution >= 0.6 is 0 Å². The molecule has 1 spiro atoms. The van der Waals surface area contributed by atoms with E-state index in [9.17, 15) is 4.79 Å². The maximum atomic E-state index is 12.2. The highest BCUT2D eigenvalue weighted by atomic mass is 16.6. The van der Waals surface area contributed by atoms with Crippen LogP contribution in [0.25, 0.3) is 0 Å². The molecule has 23 heavy (non-hydrogen) atoms. The van der Waals surface area contributed by atoms with Crippen molar-refractivity contribution in [2.45, 2.75) is 46.6 Å². The zero-order valence-corrected chi connectivity index (χ0v) is 14.8. The van der Waals surface area contributed by atoms with Crippen LogP contribution in [0.15, 0.2) is 12.1 Å². The van der Waals surface area contributed by atoms with Crippen molar-refractivity contribution in [2.24, 2.45) is 5.41 Å². The third-order valence-electron chi connectivity index (χ3n) is 4.57. The summed E-state index contributed by atoms with van der Waals surface area (Å²) >= 11 is 0. The molecule has 0 saturated carbocycles. The van der Waals surface area contributed by atoms with Gasteiger partial charge in [0.15, 0.2) is 0 Å². The van der Waals surface area contributed by atoms with Gasteiger partial charge in [-0.1, -0.05) is 0 Å². The van der Waals surface area contributed by atoms with E-state index >= 15 is 0 Å². The topological polar surface area (TPSA) is 45.7 Å². The molecule has 0 N–H and O–H groups in total. The Balaban J connectivity index is 1.59. The minimum absolute atomic E-state index is 0.177. The second kappa shape index (κ2) is 5.39. The molecule has 2 fully saturated rings. The molecule has 3 rings (SSSR count). The average molecular weight is 317 g/mol. The summed E-state index contributed by atoms with van der Waals surface area (Å²) in [6.45, 7) is 13.4. The number of pyridine rings is 1. The summed E-state index contributed by atoms with van der Waals surface area (Å²) in [4.78, 5) is 20.9. The van der Waals surface area contributed by atoms with Crippen LogP contribution in [0.5, 0.6) is 0 Å². The van der Waals surface area contributed by atoms with Crippen LogP contribution in [0, 0.1) is 19.3 Å². The van der Waals surface area contributed by atoms with E-state index in [0.29, 0.717) is 0 Å². The van der Waals surface area contributed by atoms with Gasteiger partial charge in [-0.05, 0) is 53.2 Å². The van der Waals surface area contributed by atoms with Gasteiger partial charge in [0.2, 0.25) is 0 Å². The molecule has 1 aromatic heterocycles. The Hall–Kier alpha value is -1.78. The molecule has 5 nitrogen and oxygen atoms in total. The zero-order valence-electron chi connectivity index (χ0n) is 14.8. The largest absolute Gasteiger partial charge is 0.444 e. The van der Waals surface area contributed by atoms with Crippen molar-refractivity contribution in [2.75, 3.05) is 31.1 Å². The monoisotopic (exact) mass is 317 g/mol. The number of anilines is 1. The summed E-state index contributed by atoms with van der Waals surface area (Å²) in [5, 5.41) is 0. The van der Waals surface area contributed by atoms with Crippen LogP contribution < -0.4 is 4.90 Å². The first kappa shape index (κ1) is 16.1. The predicted octanol–water partition coefficient (Wildman–Crippen LogP) is 3.15. The Morgan fingerprint density at radius 1 is 1.17 bits per heavy atom. The number of amides is 1. The van der Waals surface area contributed by atoms with Crippen molar-refractivity contribution in [1.29, 1.82) is 0 Å². The van der Waals surface area contributed by atoms with Crippen molar-refractivity contribution in [3.63, 3.8) is 0 Å². The molecule has 1 aromatic rings. The van der Waals surface area contributed by atoms with Crippen molar-refractivity contribution >= 4 is 11.8 Å². The number of rotatable bonds is 1. The number of aryl methyl sites for hydroxylation is 2. The third kappa shape index (κ3) is 3.43. The second-order valence-electron chi connectivity index (χ2n) is 8.12. The summed E-state index contributed by atoms with van der Waals surface area (Å²) in [6, 6.07) is 4.28. The van der Waals surface area contributed by atoms with Crippen molar-refractivity contribution in [1.82, 2.24) is 9.88 Å². The van der Waals surface area contributed by atoms with E-state index in [4.69, 9.17) is 4.74 Å². The molecule has 0 aliphatic carbocycles. The van der Waals surface area contributed by atoms with Crippen LogP contribution in [0.2, 0.25) is 0 Å². The summed E-state index contributed by atoms with van der Waals surface area (Å²) < 4.78 is 5.49. The fourth-order valence-electron chi connectivity index (χ4n) is 3.62. The minimum Gasteiger partial charge on any atom is -0.444 e. The lowest BCUT2D eigenvalue weighted by atomic mass is 9.78. The van der Waals surface area contributed by atoms with E-state index < -0.39 is 5.60 Å². The Morgan fingerprint density at radius 2 is 1.78 bits per heavy atom. The molecule has 2 aliphatic heterocycles. The number of hydrogen-bond acceptors (Lipinski definition) is 4.